The lowest BCUT2D eigenvalue weighted by Gasteiger charge is -2.36. The molecule has 1 aromatic heterocycles. The summed E-state index contributed by atoms with van der Waals surface area (Å²) in [5, 5.41) is 18.0. The van der Waals surface area contributed by atoms with Gasteiger partial charge in [-0.2, -0.15) is 4.39 Å². The van der Waals surface area contributed by atoms with Gasteiger partial charge in [0.25, 0.3) is 0 Å². The number of carbonyl (C=O) groups excluding carboxylic acids is 1. The summed E-state index contributed by atoms with van der Waals surface area (Å²) in [5.74, 6) is -0.511. The Kier molecular flexibility index (Phi) is 5.11. The Morgan fingerprint density at radius 2 is 1.87 bits per heavy atom. The van der Waals surface area contributed by atoms with Gasteiger partial charge in [0.05, 0.1) is 0 Å². The van der Waals surface area contributed by atoms with Crippen LogP contribution in [0.3, 0.4) is 0 Å². The van der Waals surface area contributed by atoms with Crippen LogP contribution in [-0.4, -0.2) is 64.9 Å². The van der Waals surface area contributed by atoms with Gasteiger partial charge in [0.1, 0.15) is 11.4 Å². The Morgan fingerprint density at radius 3 is 2.35 bits per heavy atom. The summed E-state index contributed by atoms with van der Waals surface area (Å²) >= 11 is 0. The summed E-state index contributed by atoms with van der Waals surface area (Å²) in [6.07, 6.45) is -0.366. The van der Waals surface area contributed by atoms with E-state index in [1.54, 1.807) is 4.90 Å². The minimum Gasteiger partial charge on any atom is -0.444 e. The SMILES string of the molecule is CC(C)(C)OC(=O)N1CCN(c2ccc(B(O)O)c(F)n2)CC1. The standard InChI is InChI=1S/C14H21BFN3O4/c1-14(2,3)23-13(20)19-8-6-18(7-9-19)11-5-4-10(15(21)22)12(16)17-11/h4-5,21-22H,6-9H2,1-3H3. The molecule has 1 aromatic rings. The Bertz CT molecular complexity index is 572. The maximum atomic E-state index is 13.7. The summed E-state index contributed by atoms with van der Waals surface area (Å²) in [5.41, 5.74) is -0.805. The summed E-state index contributed by atoms with van der Waals surface area (Å²) in [6, 6.07) is 2.82. The molecule has 1 saturated heterocycles. The van der Waals surface area contributed by atoms with Crippen LogP contribution in [0.4, 0.5) is 15.0 Å². The monoisotopic (exact) mass is 325 g/mol. The van der Waals surface area contributed by atoms with E-state index in [1.165, 1.54) is 12.1 Å². The Morgan fingerprint density at radius 1 is 1.26 bits per heavy atom. The third-order valence-electron chi connectivity index (χ3n) is 3.40. The molecule has 2 N–H and O–H groups in total. The van der Waals surface area contributed by atoms with E-state index in [0.717, 1.165) is 0 Å². The van der Waals surface area contributed by atoms with Gasteiger partial charge in [-0.1, -0.05) is 6.07 Å². The number of pyridine rings is 1. The van der Waals surface area contributed by atoms with Gasteiger partial charge in [0.15, 0.2) is 0 Å². The molecular formula is C14H21BFN3O4. The first-order chi connectivity index (χ1) is 10.7. The molecule has 7 nitrogen and oxygen atoms in total. The summed E-state index contributed by atoms with van der Waals surface area (Å²) < 4.78 is 19.0. The zero-order valence-corrected chi connectivity index (χ0v) is 13.5. The van der Waals surface area contributed by atoms with Crippen LogP contribution >= 0.6 is 0 Å². The number of halogens is 1. The lowest BCUT2D eigenvalue weighted by Crippen LogP contribution is -2.50. The molecule has 2 rings (SSSR count). The number of anilines is 1. The van der Waals surface area contributed by atoms with Crippen molar-refractivity contribution in [3.05, 3.63) is 18.1 Å². The molecule has 126 valence electrons. The molecule has 1 amide bonds. The molecule has 0 spiro atoms. The van der Waals surface area contributed by atoms with Crippen LogP contribution < -0.4 is 10.4 Å². The summed E-state index contributed by atoms with van der Waals surface area (Å²) in [7, 11) is -1.89. The van der Waals surface area contributed by atoms with Crippen LogP contribution in [0.2, 0.25) is 0 Å². The summed E-state index contributed by atoms with van der Waals surface area (Å²) in [4.78, 5) is 19.2. The van der Waals surface area contributed by atoms with Gasteiger partial charge in [-0.15, -0.1) is 0 Å². The van der Waals surface area contributed by atoms with E-state index >= 15 is 0 Å². The predicted molar refractivity (Wildman–Crippen MR) is 84.0 cm³/mol. The zero-order chi connectivity index (χ0) is 17.2. The second kappa shape index (κ2) is 6.71. The van der Waals surface area contributed by atoms with E-state index in [-0.39, 0.29) is 11.6 Å². The van der Waals surface area contributed by atoms with Gasteiger partial charge in [-0.3, -0.25) is 0 Å². The third-order valence-corrected chi connectivity index (χ3v) is 3.40. The molecule has 0 aromatic carbocycles. The van der Waals surface area contributed by atoms with Crippen LogP contribution in [0.1, 0.15) is 20.8 Å². The van der Waals surface area contributed by atoms with Gasteiger partial charge >= 0.3 is 13.2 Å². The number of aromatic nitrogens is 1. The molecule has 0 radical (unpaired) electrons. The highest BCUT2D eigenvalue weighted by molar-refractivity contribution is 6.58. The van der Waals surface area contributed by atoms with Gasteiger partial charge in [-0.05, 0) is 26.8 Å². The smallest absolute Gasteiger partial charge is 0.444 e. The number of hydrogen-bond donors (Lipinski definition) is 2. The molecule has 0 bridgehead atoms. The first kappa shape index (κ1) is 17.5. The average molecular weight is 325 g/mol. The van der Waals surface area contributed by atoms with Gasteiger partial charge < -0.3 is 24.6 Å². The molecule has 0 saturated carbocycles. The van der Waals surface area contributed by atoms with Gasteiger partial charge in [-0.25, -0.2) is 9.78 Å². The minimum absolute atomic E-state index is 0.263. The van der Waals surface area contributed by atoms with Crippen LogP contribution in [0.5, 0.6) is 0 Å². The van der Waals surface area contributed by atoms with E-state index in [1.807, 2.05) is 25.7 Å². The van der Waals surface area contributed by atoms with Crippen molar-refractivity contribution in [3.8, 4) is 0 Å². The first-order valence-electron chi connectivity index (χ1n) is 7.43. The second-order valence-electron chi connectivity index (χ2n) is 6.38. The highest BCUT2D eigenvalue weighted by Crippen LogP contribution is 2.16. The second-order valence-corrected chi connectivity index (χ2v) is 6.38. The Hall–Kier alpha value is -1.87. The maximum absolute atomic E-state index is 13.7. The Labute approximate surface area is 134 Å². The first-order valence-corrected chi connectivity index (χ1v) is 7.43. The van der Waals surface area contributed by atoms with Crippen molar-refractivity contribution >= 4 is 24.5 Å². The number of nitrogens with zero attached hydrogens (tertiary/aromatic N) is 3. The van der Waals surface area contributed by atoms with E-state index in [4.69, 9.17) is 14.8 Å². The van der Waals surface area contributed by atoms with Crippen molar-refractivity contribution in [2.24, 2.45) is 0 Å². The number of hydrogen-bond acceptors (Lipinski definition) is 6. The zero-order valence-electron chi connectivity index (χ0n) is 13.5. The number of amides is 1. The fraction of sp³-hybridized carbons (Fsp3) is 0.571. The number of ether oxygens (including phenoxy) is 1. The van der Waals surface area contributed by atoms with E-state index in [0.29, 0.717) is 32.0 Å². The molecule has 1 fully saturated rings. The van der Waals surface area contributed by atoms with Crippen LogP contribution in [0.25, 0.3) is 0 Å². The van der Waals surface area contributed by atoms with E-state index in [2.05, 4.69) is 4.98 Å². The molecule has 9 heteroatoms. The van der Waals surface area contributed by atoms with Crippen LogP contribution in [0, 0.1) is 5.95 Å². The summed E-state index contributed by atoms with van der Waals surface area (Å²) in [6.45, 7) is 7.31. The van der Waals surface area contributed by atoms with Crippen molar-refractivity contribution < 1.29 is 24.0 Å². The lowest BCUT2D eigenvalue weighted by atomic mass is 9.81. The van der Waals surface area contributed by atoms with Crippen molar-refractivity contribution in [2.75, 3.05) is 31.1 Å². The van der Waals surface area contributed by atoms with Crippen molar-refractivity contribution in [1.29, 1.82) is 0 Å². The molecule has 0 unspecified atom stereocenters. The molecular weight excluding hydrogens is 304 g/mol. The number of rotatable bonds is 2. The largest absolute Gasteiger partial charge is 0.493 e. The van der Waals surface area contributed by atoms with Gasteiger partial charge in [0.2, 0.25) is 5.95 Å². The van der Waals surface area contributed by atoms with E-state index in [9.17, 15) is 9.18 Å². The molecule has 0 aliphatic carbocycles. The van der Waals surface area contributed by atoms with E-state index < -0.39 is 18.7 Å². The van der Waals surface area contributed by atoms with Crippen molar-refractivity contribution in [1.82, 2.24) is 9.88 Å². The highest BCUT2D eigenvalue weighted by atomic mass is 19.1. The van der Waals surface area contributed by atoms with Gasteiger partial charge in [0, 0.05) is 31.6 Å². The predicted octanol–water partition coefficient (Wildman–Crippen LogP) is -0.0424. The quantitative estimate of drug-likeness (QED) is 0.586. The molecule has 2 heterocycles. The van der Waals surface area contributed by atoms with Crippen LogP contribution in [-0.2, 0) is 4.74 Å². The van der Waals surface area contributed by atoms with Crippen molar-refractivity contribution in [2.45, 2.75) is 26.4 Å². The minimum atomic E-state index is -1.89. The topological polar surface area (TPSA) is 86.1 Å². The fourth-order valence-corrected chi connectivity index (χ4v) is 2.25. The van der Waals surface area contributed by atoms with Crippen LogP contribution in [0.15, 0.2) is 12.1 Å². The molecule has 0 atom stereocenters. The number of piperazine rings is 1. The lowest BCUT2D eigenvalue weighted by molar-refractivity contribution is 0.0240. The maximum Gasteiger partial charge on any atom is 0.493 e. The number of carbonyl (C=O) groups is 1. The molecule has 23 heavy (non-hydrogen) atoms. The Balaban J connectivity index is 1.97. The fourth-order valence-electron chi connectivity index (χ4n) is 2.25. The highest BCUT2D eigenvalue weighted by Gasteiger charge is 2.27. The molecule has 1 aliphatic rings. The normalized spacial score (nSPS) is 15.6. The third kappa shape index (κ3) is 4.55. The van der Waals surface area contributed by atoms with Crippen molar-refractivity contribution in [3.63, 3.8) is 0 Å². The average Bonchev–Trinajstić information content (AvgIpc) is 2.45. The molecule has 1 aliphatic heterocycles.